The van der Waals surface area contributed by atoms with E-state index in [1.54, 1.807) is 4.90 Å². The standard InChI is InChI=1S/C22H17N5O2/c28-21(17-13-23-10-11-24-17)26-20-22(29)27-12-9-15-7-4-8-16(19(15)27)18(25-20)14-5-2-1-3-6-14/h1-8,10-11,13,20H,9,12H2,(H,26,28)/t20-/m0/s1. The molecule has 1 aromatic heterocycles. The molecule has 0 spiro atoms. The van der Waals surface area contributed by atoms with Gasteiger partial charge in [-0.2, -0.15) is 0 Å². The van der Waals surface area contributed by atoms with E-state index in [-0.39, 0.29) is 11.6 Å². The normalized spacial score (nSPS) is 17.4. The number of para-hydroxylation sites is 1. The van der Waals surface area contributed by atoms with Crippen LogP contribution in [0.5, 0.6) is 0 Å². The summed E-state index contributed by atoms with van der Waals surface area (Å²) in [4.78, 5) is 40.3. The van der Waals surface area contributed by atoms with Crippen LogP contribution in [0.1, 0.15) is 27.2 Å². The van der Waals surface area contributed by atoms with Gasteiger partial charge in [0, 0.05) is 30.1 Å². The fraction of sp³-hybridized carbons (Fsp3) is 0.136. The van der Waals surface area contributed by atoms with Crippen molar-refractivity contribution in [3.8, 4) is 0 Å². The molecule has 2 aromatic carbocycles. The lowest BCUT2D eigenvalue weighted by atomic mass is 9.98. The molecular formula is C22H17N5O2. The Morgan fingerprint density at radius 3 is 2.72 bits per heavy atom. The maximum atomic E-state index is 13.3. The number of amides is 2. The van der Waals surface area contributed by atoms with Crippen LogP contribution in [0.3, 0.4) is 0 Å². The molecule has 0 saturated carbocycles. The second-order valence-corrected chi connectivity index (χ2v) is 6.86. The molecular weight excluding hydrogens is 366 g/mol. The second kappa shape index (κ2) is 6.94. The van der Waals surface area contributed by atoms with Gasteiger partial charge in [0.05, 0.1) is 17.6 Å². The molecule has 0 bridgehead atoms. The van der Waals surface area contributed by atoms with Crippen LogP contribution in [0.15, 0.2) is 72.1 Å². The van der Waals surface area contributed by atoms with Gasteiger partial charge in [0.1, 0.15) is 5.69 Å². The zero-order valence-electron chi connectivity index (χ0n) is 15.4. The first-order chi connectivity index (χ1) is 14.2. The number of anilines is 1. The molecule has 0 fully saturated rings. The van der Waals surface area contributed by atoms with Crippen LogP contribution >= 0.6 is 0 Å². The Kier molecular flexibility index (Phi) is 4.13. The first-order valence-corrected chi connectivity index (χ1v) is 9.36. The minimum atomic E-state index is -1.04. The molecule has 1 N–H and O–H groups in total. The van der Waals surface area contributed by atoms with Gasteiger partial charge < -0.3 is 10.2 Å². The molecule has 29 heavy (non-hydrogen) atoms. The summed E-state index contributed by atoms with van der Waals surface area (Å²) >= 11 is 0. The fourth-order valence-corrected chi connectivity index (χ4v) is 3.80. The highest BCUT2D eigenvalue weighted by Gasteiger charge is 2.37. The number of nitrogens with one attached hydrogen (secondary N) is 1. The van der Waals surface area contributed by atoms with Crippen molar-refractivity contribution in [1.82, 2.24) is 15.3 Å². The molecule has 0 saturated heterocycles. The Morgan fingerprint density at radius 1 is 1.07 bits per heavy atom. The summed E-state index contributed by atoms with van der Waals surface area (Å²) in [5.74, 6) is -0.739. The number of nitrogens with zero attached hydrogens (tertiary/aromatic N) is 4. The van der Waals surface area contributed by atoms with Crippen LogP contribution < -0.4 is 10.2 Å². The van der Waals surface area contributed by atoms with E-state index in [1.807, 2.05) is 48.5 Å². The smallest absolute Gasteiger partial charge is 0.273 e. The van der Waals surface area contributed by atoms with Gasteiger partial charge in [0.2, 0.25) is 6.17 Å². The van der Waals surface area contributed by atoms with E-state index in [1.165, 1.54) is 18.6 Å². The minimum absolute atomic E-state index is 0.139. The van der Waals surface area contributed by atoms with Gasteiger partial charge in [-0.05, 0) is 12.0 Å². The van der Waals surface area contributed by atoms with Gasteiger partial charge in [-0.1, -0.05) is 48.5 Å². The predicted octanol–water partition coefficient (Wildman–Crippen LogP) is 1.97. The van der Waals surface area contributed by atoms with E-state index in [0.717, 1.165) is 28.8 Å². The molecule has 0 radical (unpaired) electrons. The molecule has 3 aromatic rings. The van der Waals surface area contributed by atoms with Gasteiger partial charge in [0.15, 0.2) is 0 Å². The number of benzene rings is 2. The summed E-state index contributed by atoms with van der Waals surface area (Å²) in [6.45, 7) is 0.570. The van der Waals surface area contributed by atoms with Gasteiger partial charge in [-0.15, -0.1) is 0 Å². The number of carbonyl (C=O) groups excluding carboxylic acids is 2. The average molecular weight is 383 g/mol. The van der Waals surface area contributed by atoms with Gasteiger partial charge in [-0.25, -0.2) is 9.98 Å². The van der Waals surface area contributed by atoms with E-state index in [4.69, 9.17) is 4.99 Å². The van der Waals surface area contributed by atoms with Crippen molar-refractivity contribution in [2.45, 2.75) is 12.6 Å². The highest BCUT2D eigenvalue weighted by atomic mass is 16.2. The van der Waals surface area contributed by atoms with Crippen LogP contribution in [-0.2, 0) is 11.2 Å². The summed E-state index contributed by atoms with van der Waals surface area (Å²) < 4.78 is 0. The summed E-state index contributed by atoms with van der Waals surface area (Å²) in [5.41, 5.74) is 4.61. The number of rotatable bonds is 3. The molecule has 1 atom stereocenters. The van der Waals surface area contributed by atoms with E-state index < -0.39 is 12.1 Å². The lowest BCUT2D eigenvalue weighted by Crippen LogP contribution is -2.47. The van der Waals surface area contributed by atoms with Crippen molar-refractivity contribution in [2.75, 3.05) is 11.4 Å². The molecule has 2 aliphatic rings. The summed E-state index contributed by atoms with van der Waals surface area (Å²) in [6.07, 6.45) is 4.02. The zero-order valence-corrected chi connectivity index (χ0v) is 15.4. The van der Waals surface area contributed by atoms with Crippen molar-refractivity contribution < 1.29 is 9.59 Å². The van der Waals surface area contributed by atoms with Crippen LogP contribution in [0.25, 0.3) is 0 Å². The fourth-order valence-electron chi connectivity index (χ4n) is 3.80. The van der Waals surface area contributed by atoms with E-state index >= 15 is 0 Å². The molecule has 7 heteroatoms. The Labute approximate surface area is 167 Å². The Bertz CT molecular complexity index is 1130. The lowest BCUT2D eigenvalue weighted by molar-refractivity contribution is -0.120. The topological polar surface area (TPSA) is 87.5 Å². The van der Waals surface area contributed by atoms with E-state index in [0.29, 0.717) is 12.3 Å². The number of hydrogen-bond donors (Lipinski definition) is 1. The molecule has 142 valence electrons. The third kappa shape index (κ3) is 2.97. The maximum absolute atomic E-state index is 13.3. The van der Waals surface area contributed by atoms with Gasteiger partial charge in [0.25, 0.3) is 11.8 Å². The molecule has 2 amide bonds. The first-order valence-electron chi connectivity index (χ1n) is 9.36. The number of aromatic nitrogens is 2. The van der Waals surface area contributed by atoms with Crippen LogP contribution in [0, 0.1) is 0 Å². The van der Waals surface area contributed by atoms with Crippen LogP contribution in [0.4, 0.5) is 5.69 Å². The molecule has 3 heterocycles. The Morgan fingerprint density at radius 2 is 1.93 bits per heavy atom. The van der Waals surface area contributed by atoms with Crippen molar-refractivity contribution in [2.24, 2.45) is 4.99 Å². The van der Waals surface area contributed by atoms with Crippen LogP contribution in [-0.4, -0.2) is 40.2 Å². The highest BCUT2D eigenvalue weighted by Crippen LogP contribution is 2.36. The summed E-state index contributed by atoms with van der Waals surface area (Å²) in [6, 6.07) is 15.7. The van der Waals surface area contributed by atoms with Crippen molar-refractivity contribution in [3.05, 3.63) is 89.5 Å². The molecule has 5 rings (SSSR count). The first kappa shape index (κ1) is 17.2. The van der Waals surface area contributed by atoms with Crippen LogP contribution in [0.2, 0.25) is 0 Å². The molecule has 0 aliphatic carbocycles. The monoisotopic (exact) mass is 383 g/mol. The predicted molar refractivity (Wildman–Crippen MR) is 108 cm³/mol. The Balaban J connectivity index is 1.62. The number of carbonyl (C=O) groups is 2. The largest absolute Gasteiger partial charge is 0.321 e. The summed E-state index contributed by atoms with van der Waals surface area (Å²) in [7, 11) is 0. The van der Waals surface area contributed by atoms with Crippen molar-refractivity contribution >= 4 is 23.2 Å². The maximum Gasteiger partial charge on any atom is 0.273 e. The highest BCUT2D eigenvalue weighted by molar-refractivity contribution is 6.21. The van der Waals surface area contributed by atoms with Crippen molar-refractivity contribution in [1.29, 1.82) is 0 Å². The lowest BCUT2D eigenvalue weighted by Gasteiger charge is -2.20. The van der Waals surface area contributed by atoms with Crippen molar-refractivity contribution in [3.63, 3.8) is 0 Å². The van der Waals surface area contributed by atoms with Gasteiger partial charge in [-0.3, -0.25) is 14.6 Å². The SMILES string of the molecule is O=C(N[C@@H]1N=C(c2ccccc2)c2cccc3c2N(CC3)C1=O)c1cnccn1. The quantitative estimate of drug-likeness (QED) is 0.749. The van der Waals surface area contributed by atoms with E-state index in [2.05, 4.69) is 15.3 Å². The van der Waals surface area contributed by atoms with E-state index in [9.17, 15) is 9.59 Å². The minimum Gasteiger partial charge on any atom is -0.321 e. The molecule has 2 aliphatic heterocycles. The second-order valence-electron chi connectivity index (χ2n) is 6.86. The number of hydrogen-bond acceptors (Lipinski definition) is 5. The third-order valence-corrected chi connectivity index (χ3v) is 5.12. The zero-order chi connectivity index (χ0) is 19.8. The van der Waals surface area contributed by atoms with Gasteiger partial charge >= 0.3 is 0 Å². The Hall–Kier alpha value is -3.87. The number of aliphatic imine (C=N–C) groups is 1. The average Bonchev–Trinajstić information content (AvgIpc) is 3.17. The third-order valence-electron chi connectivity index (χ3n) is 5.12. The molecule has 7 nitrogen and oxygen atoms in total. The molecule has 0 unspecified atom stereocenters. The summed E-state index contributed by atoms with van der Waals surface area (Å²) in [5, 5.41) is 2.73.